The largest absolute Gasteiger partial charge is 0.296 e. The fourth-order valence-electron chi connectivity index (χ4n) is 4.83. The summed E-state index contributed by atoms with van der Waals surface area (Å²) in [6.45, 7) is 6.17. The van der Waals surface area contributed by atoms with Gasteiger partial charge in [0.15, 0.2) is 11.6 Å². The molecule has 2 atom stereocenters. The SMILES string of the molecule is CCC(CCC(C#N)(c1ccc(F)c(F)c1)C1CCC1)N(CC)Cc1ccccc1. The second-order valence-corrected chi connectivity index (χ2v) is 8.49. The maximum Gasteiger partial charge on any atom is 0.159 e. The van der Waals surface area contributed by atoms with Crippen LogP contribution in [0.2, 0.25) is 0 Å². The fourth-order valence-corrected chi connectivity index (χ4v) is 4.83. The van der Waals surface area contributed by atoms with Gasteiger partial charge in [0, 0.05) is 12.6 Å². The van der Waals surface area contributed by atoms with Gasteiger partial charge in [0.25, 0.3) is 0 Å². The van der Waals surface area contributed by atoms with Crippen molar-refractivity contribution < 1.29 is 8.78 Å². The molecule has 0 spiro atoms. The van der Waals surface area contributed by atoms with Crippen LogP contribution in [0.15, 0.2) is 48.5 Å². The van der Waals surface area contributed by atoms with Crippen LogP contribution in [-0.4, -0.2) is 17.5 Å². The summed E-state index contributed by atoms with van der Waals surface area (Å²) in [5.74, 6) is -1.50. The number of rotatable bonds is 10. The Morgan fingerprint density at radius 2 is 1.83 bits per heavy atom. The molecule has 0 amide bonds. The van der Waals surface area contributed by atoms with Crippen molar-refractivity contribution in [1.82, 2.24) is 4.90 Å². The fraction of sp³-hybridized carbons (Fsp3) is 0.500. The minimum Gasteiger partial charge on any atom is -0.296 e. The molecule has 1 aliphatic carbocycles. The third kappa shape index (κ3) is 4.73. The summed E-state index contributed by atoms with van der Waals surface area (Å²) in [5.41, 5.74) is 1.17. The average Bonchev–Trinajstić information content (AvgIpc) is 2.73. The molecule has 160 valence electrons. The van der Waals surface area contributed by atoms with Crippen molar-refractivity contribution in [3.63, 3.8) is 0 Å². The molecule has 0 aromatic heterocycles. The summed E-state index contributed by atoms with van der Waals surface area (Å²) in [6.07, 6.45) is 5.58. The van der Waals surface area contributed by atoms with E-state index < -0.39 is 17.0 Å². The predicted octanol–water partition coefficient (Wildman–Crippen LogP) is 6.61. The third-order valence-electron chi connectivity index (χ3n) is 6.93. The van der Waals surface area contributed by atoms with Crippen molar-refractivity contribution in [2.45, 2.75) is 70.4 Å². The minimum atomic E-state index is -0.863. The van der Waals surface area contributed by atoms with Gasteiger partial charge in [-0.15, -0.1) is 0 Å². The summed E-state index contributed by atoms with van der Waals surface area (Å²) in [6, 6.07) is 17.4. The van der Waals surface area contributed by atoms with E-state index >= 15 is 0 Å². The van der Waals surface area contributed by atoms with Crippen LogP contribution < -0.4 is 0 Å². The lowest BCUT2D eigenvalue weighted by atomic mass is 9.60. The van der Waals surface area contributed by atoms with Gasteiger partial charge in [-0.1, -0.05) is 56.7 Å². The lowest BCUT2D eigenvalue weighted by molar-refractivity contribution is 0.146. The Bertz CT molecular complexity index is 857. The second-order valence-electron chi connectivity index (χ2n) is 8.49. The first-order valence-electron chi connectivity index (χ1n) is 11.2. The molecule has 0 N–H and O–H groups in total. The highest BCUT2D eigenvalue weighted by atomic mass is 19.2. The Balaban J connectivity index is 1.81. The Labute approximate surface area is 179 Å². The van der Waals surface area contributed by atoms with Gasteiger partial charge in [-0.2, -0.15) is 5.26 Å². The van der Waals surface area contributed by atoms with Crippen molar-refractivity contribution in [3.8, 4) is 6.07 Å². The van der Waals surface area contributed by atoms with Gasteiger partial charge < -0.3 is 0 Å². The van der Waals surface area contributed by atoms with Crippen LogP contribution in [0, 0.1) is 28.9 Å². The Morgan fingerprint density at radius 3 is 2.37 bits per heavy atom. The summed E-state index contributed by atoms with van der Waals surface area (Å²) in [5, 5.41) is 10.3. The van der Waals surface area contributed by atoms with Crippen molar-refractivity contribution in [2.75, 3.05) is 6.54 Å². The van der Waals surface area contributed by atoms with E-state index in [1.165, 1.54) is 17.7 Å². The summed E-state index contributed by atoms with van der Waals surface area (Å²) >= 11 is 0. The number of hydrogen-bond acceptors (Lipinski definition) is 2. The molecule has 0 radical (unpaired) electrons. The summed E-state index contributed by atoms with van der Waals surface area (Å²) in [7, 11) is 0. The highest BCUT2D eigenvalue weighted by molar-refractivity contribution is 5.35. The van der Waals surface area contributed by atoms with Gasteiger partial charge >= 0.3 is 0 Å². The van der Waals surface area contributed by atoms with E-state index in [1.54, 1.807) is 6.07 Å². The molecular formula is C26H32F2N2. The number of benzene rings is 2. The maximum atomic E-state index is 14.0. The molecule has 0 aliphatic heterocycles. The van der Waals surface area contributed by atoms with E-state index in [2.05, 4.69) is 49.1 Å². The smallest absolute Gasteiger partial charge is 0.159 e. The molecule has 0 bridgehead atoms. The lowest BCUT2D eigenvalue weighted by Gasteiger charge is -2.42. The molecule has 4 heteroatoms. The van der Waals surface area contributed by atoms with Gasteiger partial charge in [0.05, 0.1) is 11.5 Å². The molecule has 0 saturated heterocycles. The monoisotopic (exact) mass is 410 g/mol. The van der Waals surface area contributed by atoms with Crippen LogP contribution in [0.4, 0.5) is 8.78 Å². The molecule has 2 unspecified atom stereocenters. The lowest BCUT2D eigenvalue weighted by Crippen LogP contribution is -2.41. The zero-order valence-electron chi connectivity index (χ0n) is 18.1. The molecule has 30 heavy (non-hydrogen) atoms. The first-order valence-corrected chi connectivity index (χ1v) is 11.2. The molecular weight excluding hydrogens is 378 g/mol. The zero-order chi connectivity index (χ0) is 21.6. The van der Waals surface area contributed by atoms with E-state index in [0.717, 1.165) is 45.2 Å². The van der Waals surface area contributed by atoms with Crippen LogP contribution >= 0.6 is 0 Å². The van der Waals surface area contributed by atoms with Crippen LogP contribution in [-0.2, 0) is 12.0 Å². The molecule has 0 heterocycles. The molecule has 2 aromatic rings. The van der Waals surface area contributed by atoms with Gasteiger partial charge in [-0.25, -0.2) is 8.78 Å². The zero-order valence-corrected chi connectivity index (χ0v) is 18.1. The standard InChI is InChI=1S/C26H32F2N2/c1-3-23(30(4-2)18-20-9-6-5-7-10-20)15-16-26(19-29,21-11-8-12-21)22-13-14-24(27)25(28)17-22/h5-7,9-10,13-14,17,21,23H,3-4,8,11-12,15-16,18H2,1-2H3. The Hall–Kier alpha value is -2.25. The van der Waals surface area contributed by atoms with Gasteiger partial charge in [-0.3, -0.25) is 4.90 Å². The molecule has 1 saturated carbocycles. The minimum absolute atomic E-state index is 0.217. The van der Waals surface area contributed by atoms with Crippen LogP contribution in [0.3, 0.4) is 0 Å². The molecule has 1 aliphatic rings. The Morgan fingerprint density at radius 1 is 1.10 bits per heavy atom. The number of halogens is 2. The highest BCUT2D eigenvalue weighted by Gasteiger charge is 2.44. The van der Waals surface area contributed by atoms with Gasteiger partial charge in [-0.05, 0) is 67.8 Å². The Kier molecular flexibility index (Phi) is 7.61. The average molecular weight is 411 g/mol. The third-order valence-corrected chi connectivity index (χ3v) is 6.93. The number of hydrogen-bond donors (Lipinski definition) is 0. The predicted molar refractivity (Wildman–Crippen MR) is 117 cm³/mol. The van der Waals surface area contributed by atoms with Crippen molar-refractivity contribution >= 4 is 0 Å². The van der Waals surface area contributed by atoms with Crippen molar-refractivity contribution in [1.29, 1.82) is 5.26 Å². The van der Waals surface area contributed by atoms with Gasteiger partial charge in [0.1, 0.15) is 0 Å². The number of nitriles is 1. The van der Waals surface area contributed by atoms with Crippen LogP contribution in [0.1, 0.15) is 63.5 Å². The van der Waals surface area contributed by atoms with Crippen molar-refractivity contribution in [3.05, 3.63) is 71.3 Å². The first-order chi connectivity index (χ1) is 14.5. The van der Waals surface area contributed by atoms with Gasteiger partial charge in [0.2, 0.25) is 0 Å². The van der Waals surface area contributed by atoms with E-state index in [1.807, 2.05) is 6.07 Å². The first kappa shape index (κ1) is 22.4. The second kappa shape index (κ2) is 10.2. The molecule has 3 rings (SSSR count). The molecule has 2 aromatic carbocycles. The normalized spacial score (nSPS) is 17.2. The molecule has 1 fully saturated rings. The maximum absolute atomic E-state index is 14.0. The number of nitrogens with zero attached hydrogens (tertiary/aromatic N) is 2. The van der Waals surface area contributed by atoms with Crippen LogP contribution in [0.5, 0.6) is 0 Å². The molecule has 2 nitrogen and oxygen atoms in total. The van der Waals surface area contributed by atoms with E-state index in [-0.39, 0.29) is 5.92 Å². The van der Waals surface area contributed by atoms with Crippen LogP contribution in [0.25, 0.3) is 0 Å². The summed E-state index contributed by atoms with van der Waals surface area (Å²) in [4.78, 5) is 2.46. The summed E-state index contributed by atoms with van der Waals surface area (Å²) < 4.78 is 27.6. The van der Waals surface area contributed by atoms with E-state index in [0.29, 0.717) is 18.0 Å². The highest BCUT2D eigenvalue weighted by Crippen LogP contribution is 2.47. The van der Waals surface area contributed by atoms with Crippen molar-refractivity contribution in [2.24, 2.45) is 5.92 Å². The topological polar surface area (TPSA) is 27.0 Å². The van der Waals surface area contributed by atoms with E-state index in [9.17, 15) is 14.0 Å². The van der Waals surface area contributed by atoms with E-state index in [4.69, 9.17) is 0 Å². The quantitative estimate of drug-likeness (QED) is 0.441.